The van der Waals surface area contributed by atoms with Gasteiger partial charge >= 0.3 is 0 Å². The van der Waals surface area contributed by atoms with E-state index in [1.54, 1.807) is 26.1 Å². The summed E-state index contributed by atoms with van der Waals surface area (Å²) in [5.41, 5.74) is 3.32. The zero-order valence-corrected chi connectivity index (χ0v) is 12.1. The third-order valence-corrected chi connectivity index (χ3v) is 3.07. The van der Waals surface area contributed by atoms with Gasteiger partial charge in [0.2, 0.25) is 5.95 Å². The average molecular weight is 281 g/mol. The van der Waals surface area contributed by atoms with E-state index in [2.05, 4.69) is 20.6 Å². The zero-order valence-electron chi connectivity index (χ0n) is 12.1. The number of amides is 1. The van der Waals surface area contributed by atoms with Crippen molar-refractivity contribution in [2.24, 2.45) is 0 Å². The molecule has 2 N–H and O–H groups in total. The Bertz CT molecular complexity index is 733. The molecule has 0 fully saturated rings. The first-order valence-corrected chi connectivity index (χ1v) is 6.38. The Morgan fingerprint density at radius 3 is 2.71 bits per heavy atom. The lowest BCUT2D eigenvalue weighted by atomic mass is 10.1. The Hall–Kier alpha value is -2.94. The number of nitriles is 1. The molecule has 0 radical (unpaired) electrons. The molecular formula is C15H15N5O. The number of benzene rings is 1. The second kappa shape index (κ2) is 6.01. The molecule has 1 aromatic heterocycles. The fourth-order valence-corrected chi connectivity index (χ4v) is 1.80. The van der Waals surface area contributed by atoms with Gasteiger partial charge in [0.25, 0.3) is 5.91 Å². The van der Waals surface area contributed by atoms with Gasteiger partial charge in [-0.3, -0.25) is 4.79 Å². The van der Waals surface area contributed by atoms with Gasteiger partial charge in [0.1, 0.15) is 6.07 Å². The Morgan fingerprint density at radius 2 is 2.10 bits per heavy atom. The number of aryl methyl sites for hydroxylation is 2. The van der Waals surface area contributed by atoms with Crippen molar-refractivity contribution in [3.05, 3.63) is 46.8 Å². The highest BCUT2D eigenvalue weighted by molar-refractivity contribution is 5.95. The molecular weight excluding hydrogens is 266 g/mol. The minimum atomic E-state index is -0.157. The molecule has 0 aliphatic carbocycles. The van der Waals surface area contributed by atoms with Crippen molar-refractivity contribution in [3.8, 4) is 6.07 Å². The zero-order chi connectivity index (χ0) is 15.4. The lowest BCUT2D eigenvalue weighted by molar-refractivity contribution is 0.0963. The van der Waals surface area contributed by atoms with Gasteiger partial charge in [-0.05, 0) is 31.5 Å². The van der Waals surface area contributed by atoms with E-state index in [0.717, 1.165) is 11.3 Å². The maximum absolute atomic E-state index is 11.7. The number of hydrogen-bond donors (Lipinski definition) is 2. The van der Waals surface area contributed by atoms with E-state index < -0.39 is 0 Å². The van der Waals surface area contributed by atoms with Crippen molar-refractivity contribution in [2.45, 2.75) is 13.8 Å². The summed E-state index contributed by atoms with van der Waals surface area (Å²) >= 11 is 0. The molecule has 21 heavy (non-hydrogen) atoms. The van der Waals surface area contributed by atoms with Gasteiger partial charge in [-0.25, -0.2) is 9.97 Å². The Labute approximate surface area is 122 Å². The van der Waals surface area contributed by atoms with E-state index >= 15 is 0 Å². The van der Waals surface area contributed by atoms with E-state index in [-0.39, 0.29) is 5.91 Å². The van der Waals surface area contributed by atoms with Crippen LogP contribution in [0.3, 0.4) is 0 Å². The molecule has 0 spiro atoms. The Morgan fingerprint density at radius 1 is 1.33 bits per heavy atom. The predicted octanol–water partition coefficient (Wildman–Crippen LogP) is 2.07. The first-order chi connectivity index (χ1) is 10.0. The standard InChI is InChI=1S/C15H15N5O/c1-9-4-5-11(14(21)17-3)6-13(9)20-15-18-8-12(7-16)10(2)19-15/h4-6,8H,1-3H3,(H,17,21)(H,18,19,20). The number of rotatable bonds is 3. The quantitative estimate of drug-likeness (QED) is 0.898. The summed E-state index contributed by atoms with van der Waals surface area (Å²) in [6.45, 7) is 3.67. The molecule has 0 saturated heterocycles. The van der Waals surface area contributed by atoms with Crippen molar-refractivity contribution in [1.29, 1.82) is 5.26 Å². The molecule has 1 amide bonds. The first-order valence-electron chi connectivity index (χ1n) is 6.38. The number of carbonyl (C=O) groups is 1. The molecule has 0 saturated carbocycles. The Balaban J connectivity index is 2.33. The number of nitrogens with one attached hydrogen (secondary N) is 2. The molecule has 6 nitrogen and oxygen atoms in total. The number of carbonyl (C=O) groups excluding carboxylic acids is 1. The predicted molar refractivity (Wildman–Crippen MR) is 79.3 cm³/mol. The van der Waals surface area contributed by atoms with E-state index in [0.29, 0.717) is 22.8 Å². The number of anilines is 2. The van der Waals surface area contributed by atoms with Crippen LogP contribution in [-0.4, -0.2) is 22.9 Å². The normalized spacial score (nSPS) is 9.81. The number of aromatic nitrogens is 2. The molecule has 0 aliphatic heterocycles. The van der Waals surface area contributed by atoms with Crippen LogP contribution in [0, 0.1) is 25.2 Å². The van der Waals surface area contributed by atoms with Crippen LogP contribution in [0.1, 0.15) is 27.2 Å². The number of hydrogen-bond acceptors (Lipinski definition) is 5. The van der Waals surface area contributed by atoms with Crippen LogP contribution in [0.25, 0.3) is 0 Å². The molecule has 0 bridgehead atoms. The van der Waals surface area contributed by atoms with Gasteiger partial charge in [-0.2, -0.15) is 5.26 Å². The molecule has 2 rings (SSSR count). The SMILES string of the molecule is CNC(=O)c1ccc(C)c(Nc2ncc(C#N)c(C)n2)c1. The lowest BCUT2D eigenvalue weighted by Crippen LogP contribution is -2.18. The van der Waals surface area contributed by atoms with E-state index in [1.807, 2.05) is 19.1 Å². The summed E-state index contributed by atoms with van der Waals surface area (Å²) < 4.78 is 0. The topological polar surface area (TPSA) is 90.7 Å². The summed E-state index contributed by atoms with van der Waals surface area (Å²) in [5, 5.41) is 14.5. The lowest BCUT2D eigenvalue weighted by Gasteiger charge is -2.10. The summed E-state index contributed by atoms with van der Waals surface area (Å²) in [7, 11) is 1.59. The molecule has 0 aliphatic rings. The maximum Gasteiger partial charge on any atom is 0.251 e. The molecule has 0 atom stereocenters. The fraction of sp³-hybridized carbons (Fsp3) is 0.200. The average Bonchev–Trinajstić information content (AvgIpc) is 2.49. The Kier molecular flexibility index (Phi) is 4.14. The second-order valence-corrected chi connectivity index (χ2v) is 4.54. The van der Waals surface area contributed by atoms with Gasteiger partial charge in [0, 0.05) is 18.3 Å². The minimum Gasteiger partial charge on any atom is -0.355 e. The number of nitrogens with zero attached hydrogens (tertiary/aromatic N) is 3. The minimum absolute atomic E-state index is 0.157. The van der Waals surface area contributed by atoms with Gasteiger partial charge in [-0.1, -0.05) is 6.07 Å². The van der Waals surface area contributed by atoms with Crippen molar-refractivity contribution in [1.82, 2.24) is 15.3 Å². The van der Waals surface area contributed by atoms with Gasteiger partial charge in [0.15, 0.2) is 0 Å². The molecule has 0 unspecified atom stereocenters. The molecule has 2 aromatic rings. The van der Waals surface area contributed by atoms with Gasteiger partial charge in [-0.15, -0.1) is 0 Å². The van der Waals surface area contributed by atoms with E-state index in [1.165, 1.54) is 6.20 Å². The van der Waals surface area contributed by atoms with Gasteiger partial charge < -0.3 is 10.6 Å². The highest BCUT2D eigenvalue weighted by Crippen LogP contribution is 2.20. The summed E-state index contributed by atoms with van der Waals surface area (Å²) in [4.78, 5) is 20.0. The van der Waals surface area contributed by atoms with Crippen LogP contribution in [0.15, 0.2) is 24.4 Å². The monoisotopic (exact) mass is 281 g/mol. The third kappa shape index (κ3) is 3.15. The largest absolute Gasteiger partial charge is 0.355 e. The van der Waals surface area contributed by atoms with Crippen molar-refractivity contribution >= 4 is 17.5 Å². The van der Waals surface area contributed by atoms with E-state index in [9.17, 15) is 4.79 Å². The van der Waals surface area contributed by atoms with Crippen LogP contribution in [0.5, 0.6) is 0 Å². The van der Waals surface area contributed by atoms with Crippen LogP contribution in [-0.2, 0) is 0 Å². The molecule has 1 aromatic carbocycles. The van der Waals surface area contributed by atoms with Gasteiger partial charge in [0.05, 0.1) is 17.5 Å². The smallest absolute Gasteiger partial charge is 0.251 e. The highest BCUT2D eigenvalue weighted by Gasteiger charge is 2.08. The van der Waals surface area contributed by atoms with Crippen molar-refractivity contribution in [3.63, 3.8) is 0 Å². The van der Waals surface area contributed by atoms with Crippen molar-refractivity contribution in [2.75, 3.05) is 12.4 Å². The first kappa shape index (κ1) is 14.5. The van der Waals surface area contributed by atoms with Crippen molar-refractivity contribution < 1.29 is 4.79 Å². The molecule has 106 valence electrons. The van der Waals surface area contributed by atoms with Crippen LogP contribution in [0.2, 0.25) is 0 Å². The van der Waals surface area contributed by atoms with Crippen LogP contribution in [0.4, 0.5) is 11.6 Å². The third-order valence-electron chi connectivity index (χ3n) is 3.07. The summed E-state index contributed by atoms with van der Waals surface area (Å²) in [6.07, 6.45) is 1.47. The molecule has 6 heteroatoms. The van der Waals surface area contributed by atoms with E-state index in [4.69, 9.17) is 5.26 Å². The summed E-state index contributed by atoms with van der Waals surface area (Å²) in [5.74, 6) is 0.235. The highest BCUT2D eigenvalue weighted by atomic mass is 16.1. The second-order valence-electron chi connectivity index (χ2n) is 4.54. The molecule has 1 heterocycles. The summed E-state index contributed by atoms with van der Waals surface area (Å²) in [6, 6.07) is 7.37. The van der Waals surface area contributed by atoms with Crippen LogP contribution < -0.4 is 10.6 Å². The maximum atomic E-state index is 11.7. The fourth-order valence-electron chi connectivity index (χ4n) is 1.80. The van der Waals surface area contributed by atoms with Crippen LogP contribution >= 0.6 is 0 Å².